The molecule has 1 atom stereocenters. The molecule has 0 radical (unpaired) electrons. The minimum Gasteiger partial charge on any atom is -0.496 e. The highest BCUT2D eigenvalue weighted by Gasteiger charge is 2.31. The van der Waals surface area contributed by atoms with E-state index in [-0.39, 0.29) is 31.4 Å². The minimum atomic E-state index is -0.500. The fourth-order valence-electron chi connectivity index (χ4n) is 2.92. The Labute approximate surface area is 154 Å². The number of nitrogens with zero attached hydrogens (tertiary/aromatic N) is 2. The third-order valence-corrected chi connectivity index (χ3v) is 4.45. The van der Waals surface area contributed by atoms with E-state index in [9.17, 15) is 9.59 Å². The number of amides is 2. The molecule has 1 fully saturated rings. The van der Waals surface area contributed by atoms with Gasteiger partial charge in [-0.2, -0.15) is 0 Å². The predicted molar refractivity (Wildman–Crippen MR) is 99.7 cm³/mol. The lowest BCUT2D eigenvalue weighted by Crippen LogP contribution is -2.56. The van der Waals surface area contributed by atoms with Crippen molar-refractivity contribution < 1.29 is 19.4 Å². The van der Waals surface area contributed by atoms with Gasteiger partial charge < -0.3 is 20.1 Å². The number of piperazine rings is 1. The van der Waals surface area contributed by atoms with Crippen molar-refractivity contribution in [2.45, 2.75) is 12.5 Å². The second-order valence-electron chi connectivity index (χ2n) is 6.19. The molecular weight excluding hydrogens is 334 g/mol. The third-order valence-electron chi connectivity index (χ3n) is 4.45. The summed E-state index contributed by atoms with van der Waals surface area (Å²) in [6, 6.07) is 7.21. The van der Waals surface area contributed by atoms with Crippen molar-refractivity contribution in [1.82, 2.24) is 15.1 Å². The summed E-state index contributed by atoms with van der Waals surface area (Å²) in [4.78, 5) is 27.9. The maximum Gasteiger partial charge on any atom is 0.237 e. The van der Waals surface area contributed by atoms with Crippen molar-refractivity contribution in [3.8, 4) is 5.75 Å². The lowest BCUT2D eigenvalue weighted by molar-refractivity contribution is -0.138. The topological polar surface area (TPSA) is 82.1 Å². The van der Waals surface area contributed by atoms with Gasteiger partial charge in [0, 0.05) is 38.8 Å². The van der Waals surface area contributed by atoms with Crippen LogP contribution in [-0.2, 0) is 9.59 Å². The summed E-state index contributed by atoms with van der Waals surface area (Å²) >= 11 is 0. The van der Waals surface area contributed by atoms with Gasteiger partial charge in [0.2, 0.25) is 11.8 Å². The largest absolute Gasteiger partial charge is 0.496 e. The van der Waals surface area contributed by atoms with E-state index in [2.05, 4.69) is 5.32 Å². The summed E-state index contributed by atoms with van der Waals surface area (Å²) in [5, 5.41) is 11.8. The molecule has 0 unspecified atom stereocenters. The maximum atomic E-state index is 12.2. The van der Waals surface area contributed by atoms with Gasteiger partial charge >= 0.3 is 0 Å². The zero-order valence-electron chi connectivity index (χ0n) is 15.4. The van der Waals surface area contributed by atoms with Crippen LogP contribution in [0.4, 0.5) is 0 Å². The molecule has 1 saturated heterocycles. The number of para-hydroxylation sites is 1. The molecular formula is C19H27N3O4. The summed E-state index contributed by atoms with van der Waals surface area (Å²) in [6.45, 7) is 1.99. The van der Waals surface area contributed by atoms with E-state index < -0.39 is 6.04 Å². The number of carbonyl (C=O) groups excluding carboxylic acids is 2. The predicted octanol–water partition coefficient (Wildman–Crippen LogP) is 0.350. The van der Waals surface area contributed by atoms with E-state index in [1.165, 1.54) is 4.90 Å². The number of aliphatic hydroxyl groups is 1. The molecule has 0 spiro atoms. The van der Waals surface area contributed by atoms with Gasteiger partial charge in [-0.1, -0.05) is 30.4 Å². The normalized spacial score (nSPS) is 18.0. The fraction of sp³-hybridized carbons (Fsp3) is 0.474. The number of benzene rings is 1. The van der Waals surface area contributed by atoms with Crippen LogP contribution in [0.25, 0.3) is 6.08 Å². The molecule has 142 valence electrons. The SMILES string of the molecule is COc1ccccc1/C=C/CN1CCNC(=O)[C@@H]1CC(=O)N(C)CCO. The number of likely N-dealkylation sites (N-methyl/N-ethyl adjacent to an activating group) is 1. The van der Waals surface area contributed by atoms with Crippen molar-refractivity contribution in [1.29, 1.82) is 0 Å². The molecule has 7 heteroatoms. The van der Waals surface area contributed by atoms with Crippen molar-refractivity contribution in [2.24, 2.45) is 0 Å². The first-order chi connectivity index (χ1) is 12.6. The van der Waals surface area contributed by atoms with Crippen LogP contribution in [0, 0.1) is 0 Å². The first kappa shape index (κ1) is 19.9. The summed E-state index contributed by atoms with van der Waals surface area (Å²) < 4.78 is 5.33. The molecule has 1 aromatic rings. The second-order valence-corrected chi connectivity index (χ2v) is 6.19. The van der Waals surface area contributed by atoms with E-state index in [0.29, 0.717) is 19.6 Å². The quantitative estimate of drug-likeness (QED) is 0.698. The molecule has 1 aliphatic heterocycles. The Morgan fingerprint density at radius 3 is 2.96 bits per heavy atom. The molecule has 0 aromatic heterocycles. The molecule has 1 aliphatic rings. The average molecular weight is 361 g/mol. The minimum absolute atomic E-state index is 0.0928. The van der Waals surface area contributed by atoms with Gasteiger partial charge in [-0.25, -0.2) is 0 Å². The molecule has 0 bridgehead atoms. The Morgan fingerprint density at radius 1 is 1.46 bits per heavy atom. The Balaban J connectivity index is 2.02. The van der Waals surface area contributed by atoms with Gasteiger partial charge in [-0.3, -0.25) is 14.5 Å². The van der Waals surface area contributed by atoms with Crippen LogP contribution in [-0.4, -0.2) is 79.7 Å². The molecule has 1 heterocycles. The van der Waals surface area contributed by atoms with Crippen LogP contribution in [0.5, 0.6) is 5.75 Å². The first-order valence-electron chi connectivity index (χ1n) is 8.73. The molecule has 2 N–H and O–H groups in total. The van der Waals surface area contributed by atoms with Gasteiger partial charge in [0.25, 0.3) is 0 Å². The molecule has 2 amide bonds. The van der Waals surface area contributed by atoms with Gasteiger partial charge in [-0.05, 0) is 6.07 Å². The number of hydrogen-bond donors (Lipinski definition) is 2. The summed E-state index contributed by atoms with van der Waals surface area (Å²) in [5.74, 6) is 0.505. The number of ether oxygens (including phenoxy) is 1. The lowest BCUT2D eigenvalue weighted by Gasteiger charge is -2.34. The van der Waals surface area contributed by atoms with Gasteiger partial charge in [0.15, 0.2) is 0 Å². The Hall–Kier alpha value is -2.38. The van der Waals surface area contributed by atoms with E-state index in [1.54, 1.807) is 14.2 Å². The van der Waals surface area contributed by atoms with Crippen LogP contribution in [0.1, 0.15) is 12.0 Å². The van der Waals surface area contributed by atoms with Crippen molar-refractivity contribution in [3.63, 3.8) is 0 Å². The van der Waals surface area contributed by atoms with Crippen LogP contribution < -0.4 is 10.1 Å². The van der Waals surface area contributed by atoms with Crippen molar-refractivity contribution in [3.05, 3.63) is 35.9 Å². The molecule has 2 rings (SSSR count). The van der Waals surface area contributed by atoms with Crippen LogP contribution in [0.15, 0.2) is 30.3 Å². The molecule has 26 heavy (non-hydrogen) atoms. The number of carbonyl (C=O) groups is 2. The highest BCUT2D eigenvalue weighted by molar-refractivity contribution is 5.88. The lowest BCUT2D eigenvalue weighted by atomic mass is 10.1. The number of nitrogens with one attached hydrogen (secondary N) is 1. The standard InChI is InChI=1S/C19H27N3O4/c1-21(12-13-23)18(24)14-16-19(25)20-9-11-22(16)10-5-7-15-6-3-4-8-17(15)26-2/h3-8,16,23H,9-14H2,1-2H3,(H,20,25)/b7-5+/t16-/m0/s1. The highest BCUT2D eigenvalue weighted by atomic mass is 16.5. The Bertz CT molecular complexity index is 647. The Kier molecular flexibility index (Phi) is 7.62. The molecule has 1 aromatic carbocycles. The van der Waals surface area contributed by atoms with E-state index in [1.807, 2.05) is 41.3 Å². The summed E-state index contributed by atoms with van der Waals surface area (Å²) in [7, 11) is 3.26. The molecule has 7 nitrogen and oxygen atoms in total. The van der Waals surface area contributed by atoms with Crippen molar-refractivity contribution >= 4 is 17.9 Å². The zero-order chi connectivity index (χ0) is 18.9. The third kappa shape index (κ3) is 5.31. The fourth-order valence-corrected chi connectivity index (χ4v) is 2.92. The highest BCUT2D eigenvalue weighted by Crippen LogP contribution is 2.19. The number of aliphatic hydroxyl groups excluding tert-OH is 1. The van der Waals surface area contributed by atoms with Crippen LogP contribution >= 0.6 is 0 Å². The van der Waals surface area contributed by atoms with E-state index in [0.717, 1.165) is 11.3 Å². The summed E-state index contributed by atoms with van der Waals surface area (Å²) in [5.41, 5.74) is 0.965. The van der Waals surface area contributed by atoms with E-state index in [4.69, 9.17) is 9.84 Å². The number of rotatable bonds is 8. The van der Waals surface area contributed by atoms with Crippen LogP contribution in [0.3, 0.4) is 0 Å². The monoisotopic (exact) mass is 361 g/mol. The average Bonchev–Trinajstić information content (AvgIpc) is 2.64. The van der Waals surface area contributed by atoms with Crippen LogP contribution in [0.2, 0.25) is 0 Å². The number of hydrogen-bond acceptors (Lipinski definition) is 5. The zero-order valence-corrected chi connectivity index (χ0v) is 15.4. The smallest absolute Gasteiger partial charge is 0.237 e. The first-order valence-corrected chi connectivity index (χ1v) is 8.73. The van der Waals surface area contributed by atoms with Gasteiger partial charge in [0.05, 0.1) is 26.2 Å². The van der Waals surface area contributed by atoms with Crippen molar-refractivity contribution in [2.75, 3.05) is 46.9 Å². The van der Waals surface area contributed by atoms with Gasteiger partial charge in [-0.15, -0.1) is 0 Å². The second kappa shape index (κ2) is 9.94. The molecule has 0 saturated carbocycles. The van der Waals surface area contributed by atoms with E-state index >= 15 is 0 Å². The van der Waals surface area contributed by atoms with Gasteiger partial charge in [0.1, 0.15) is 5.75 Å². The Morgan fingerprint density at radius 2 is 2.23 bits per heavy atom. The maximum absolute atomic E-state index is 12.2. The molecule has 0 aliphatic carbocycles. The summed E-state index contributed by atoms with van der Waals surface area (Å²) in [6.07, 6.45) is 4.04. The number of methoxy groups -OCH3 is 1.